The van der Waals surface area contributed by atoms with Crippen LogP contribution in [0.25, 0.3) is 17.0 Å². The van der Waals surface area contributed by atoms with Gasteiger partial charge in [0.1, 0.15) is 11.9 Å². The van der Waals surface area contributed by atoms with Gasteiger partial charge in [0.2, 0.25) is 0 Å². The Kier molecular flexibility index (Phi) is 5.05. The van der Waals surface area contributed by atoms with Gasteiger partial charge in [-0.1, -0.05) is 42.5 Å². The maximum atomic E-state index is 5.98. The van der Waals surface area contributed by atoms with Crippen molar-refractivity contribution in [3.05, 3.63) is 66.7 Å². The van der Waals surface area contributed by atoms with Crippen LogP contribution in [0.1, 0.15) is 6.92 Å². The van der Waals surface area contributed by atoms with Crippen LogP contribution in [-0.4, -0.2) is 39.6 Å². The fourth-order valence-corrected chi connectivity index (χ4v) is 2.87. The number of hydrogen-bond donors (Lipinski definition) is 1. The predicted octanol–water partition coefficient (Wildman–Crippen LogP) is 3.68. The zero-order valence-corrected chi connectivity index (χ0v) is 15.7. The van der Waals surface area contributed by atoms with Gasteiger partial charge < -0.3 is 14.8 Å². The van der Waals surface area contributed by atoms with Gasteiger partial charge in [-0.3, -0.25) is 0 Å². The predicted molar refractivity (Wildman–Crippen MR) is 108 cm³/mol. The first-order valence-electron chi connectivity index (χ1n) is 9.06. The second-order valence-electron chi connectivity index (χ2n) is 6.34. The van der Waals surface area contributed by atoms with Crippen molar-refractivity contribution >= 4 is 11.5 Å². The summed E-state index contributed by atoms with van der Waals surface area (Å²) in [4.78, 5) is 0. The monoisotopic (exact) mass is 375 g/mol. The fraction of sp³-hybridized carbons (Fsp3) is 0.190. The number of hydrogen-bond acceptors (Lipinski definition) is 6. The van der Waals surface area contributed by atoms with E-state index in [2.05, 4.69) is 20.6 Å². The van der Waals surface area contributed by atoms with Gasteiger partial charge >= 0.3 is 0 Å². The molecule has 0 saturated carbocycles. The maximum absolute atomic E-state index is 5.98. The molecule has 7 nitrogen and oxygen atoms in total. The average molecular weight is 375 g/mol. The Morgan fingerprint density at radius 3 is 2.46 bits per heavy atom. The van der Waals surface area contributed by atoms with Crippen molar-refractivity contribution in [2.75, 3.05) is 19.0 Å². The van der Waals surface area contributed by atoms with E-state index in [1.54, 1.807) is 11.6 Å². The van der Waals surface area contributed by atoms with Crippen LogP contribution < -0.4 is 14.8 Å². The highest BCUT2D eigenvalue weighted by Crippen LogP contribution is 2.26. The van der Waals surface area contributed by atoms with E-state index in [0.29, 0.717) is 29.5 Å². The van der Waals surface area contributed by atoms with Gasteiger partial charge in [0, 0.05) is 5.56 Å². The number of nitrogens with one attached hydrogen (secondary N) is 1. The number of fused-ring (bicyclic) bond motifs is 1. The number of rotatable bonds is 7. The number of benzene rings is 2. The van der Waals surface area contributed by atoms with Crippen LogP contribution in [0.15, 0.2) is 66.7 Å². The van der Waals surface area contributed by atoms with E-state index in [1.165, 1.54) is 0 Å². The minimum atomic E-state index is -0.0803. The van der Waals surface area contributed by atoms with Gasteiger partial charge in [-0.25, -0.2) is 0 Å². The molecule has 4 aromatic rings. The van der Waals surface area contributed by atoms with Crippen LogP contribution in [0.2, 0.25) is 0 Å². The molecule has 2 aromatic heterocycles. The Labute approximate surface area is 162 Å². The standard InChI is InChI=1S/C21H21N5O2/c1-15(28-18-11-7-6-10-17(18)27-2)14-22-19-12-13-20-23-24-21(26(20)25-19)16-8-4-3-5-9-16/h3-13,15H,14H2,1-2H3,(H,22,25). The Morgan fingerprint density at radius 1 is 0.929 bits per heavy atom. The second kappa shape index (κ2) is 7.96. The Bertz CT molecular complexity index is 1060. The first-order chi connectivity index (χ1) is 13.7. The van der Waals surface area contributed by atoms with E-state index in [1.807, 2.05) is 73.7 Å². The molecular formula is C21H21N5O2. The highest BCUT2D eigenvalue weighted by Gasteiger charge is 2.11. The number of ether oxygens (including phenoxy) is 2. The summed E-state index contributed by atoms with van der Waals surface area (Å²) in [5.41, 5.74) is 1.66. The minimum Gasteiger partial charge on any atom is -0.493 e. The second-order valence-corrected chi connectivity index (χ2v) is 6.34. The Hall–Kier alpha value is -3.61. The molecule has 7 heteroatoms. The molecule has 0 aliphatic heterocycles. The van der Waals surface area contributed by atoms with E-state index < -0.39 is 0 Å². The number of para-hydroxylation sites is 2. The van der Waals surface area contributed by atoms with Gasteiger partial charge in [0.25, 0.3) is 0 Å². The number of anilines is 1. The molecule has 1 N–H and O–H groups in total. The van der Waals surface area contributed by atoms with Crippen molar-refractivity contribution in [2.45, 2.75) is 13.0 Å². The van der Waals surface area contributed by atoms with Gasteiger partial charge in [-0.05, 0) is 31.2 Å². The summed E-state index contributed by atoms with van der Waals surface area (Å²) in [5, 5.41) is 16.4. The molecule has 0 aliphatic rings. The summed E-state index contributed by atoms with van der Waals surface area (Å²) in [5.74, 6) is 2.86. The fourth-order valence-electron chi connectivity index (χ4n) is 2.87. The lowest BCUT2D eigenvalue weighted by Crippen LogP contribution is -2.23. The third kappa shape index (κ3) is 3.73. The van der Waals surface area contributed by atoms with Crippen LogP contribution in [0.4, 0.5) is 5.82 Å². The molecule has 0 fully saturated rings. The Balaban J connectivity index is 1.48. The molecule has 0 saturated heterocycles. The summed E-state index contributed by atoms with van der Waals surface area (Å²) in [7, 11) is 1.63. The lowest BCUT2D eigenvalue weighted by atomic mass is 10.2. The first kappa shape index (κ1) is 17.8. The van der Waals surface area contributed by atoms with Crippen LogP contribution >= 0.6 is 0 Å². The van der Waals surface area contributed by atoms with Crippen molar-refractivity contribution in [1.29, 1.82) is 0 Å². The molecule has 4 rings (SSSR count). The topological polar surface area (TPSA) is 73.6 Å². The van der Waals surface area contributed by atoms with Gasteiger partial charge in [-0.15, -0.1) is 15.3 Å². The van der Waals surface area contributed by atoms with E-state index in [9.17, 15) is 0 Å². The molecule has 0 aliphatic carbocycles. The third-order valence-corrected chi connectivity index (χ3v) is 4.26. The molecule has 1 unspecified atom stereocenters. The number of methoxy groups -OCH3 is 1. The van der Waals surface area contributed by atoms with Crippen LogP contribution in [0.5, 0.6) is 11.5 Å². The number of aromatic nitrogens is 4. The summed E-state index contributed by atoms with van der Waals surface area (Å²) < 4.78 is 13.0. The summed E-state index contributed by atoms with van der Waals surface area (Å²) in [6, 6.07) is 21.3. The zero-order valence-electron chi connectivity index (χ0n) is 15.7. The van der Waals surface area contributed by atoms with E-state index in [0.717, 1.165) is 11.4 Å². The van der Waals surface area contributed by atoms with Crippen LogP contribution in [0.3, 0.4) is 0 Å². The highest BCUT2D eigenvalue weighted by atomic mass is 16.5. The number of nitrogens with zero attached hydrogens (tertiary/aromatic N) is 4. The highest BCUT2D eigenvalue weighted by molar-refractivity contribution is 5.59. The summed E-state index contributed by atoms with van der Waals surface area (Å²) >= 11 is 0. The molecule has 0 spiro atoms. The summed E-state index contributed by atoms with van der Waals surface area (Å²) in [6.45, 7) is 2.57. The lowest BCUT2D eigenvalue weighted by molar-refractivity contribution is 0.223. The SMILES string of the molecule is COc1ccccc1OC(C)CNc1ccc2nnc(-c3ccccc3)n2n1. The van der Waals surface area contributed by atoms with Crippen LogP contribution in [-0.2, 0) is 0 Å². The lowest BCUT2D eigenvalue weighted by Gasteiger charge is -2.17. The molecule has 2 heterocycles. The van der Waals surface area contributed by atoms with Gasteiger partial charge in [0.05, 0.1) is 13.7 Å². The van der Waals surface area contributed by atoms with Crippen molar-refractivity contribution in [3.8, 4) is 22.9 Å². The van der Waals surface area contributed by atoms with Gasteiger partial charge in [0.15, 0.2) is 23.0 Å². The molecule has 1 atom stereocenters. The van der Waals surface area contributed by atoms with Crippen molar-refractivity contribution in [2.24, 2.45) is 0 Å². The third-order valence-electron chi connectivity index (χ3n) is 4.26. The van der Waals surface area contributed by atoms with E-state index in [4.69, 9.17) is 9.47 Å². The molecule has 2 aromatic carbocycles. The molecule has 0 bridgehead atoms. The van der Waals surface area contributed by atoms with Crippen molar-refractivity contribution in [3.63, 3.8) is 0 Å². The molecule has 0 amide bonds. The van der Waals surface area contributed by atoms with Crippen molar-refractivity contribution in [1.82, 2.24) is 19.8 Å². The maximum Gasteiger partial charge on any atom is 0.185 e. The van der Waals surface area contributed by atoms with E-state index >= 15 is 0 Å². The average Bonchev–Trinajstić information content (AvgIpc) is 3.16. The van der Waals surface area contributed by atoms with Crippen LogP contribution in [0, 0.1) is 0 Å². The Morgan fingerprint density at radius 2 is 1.68 bits per heavy atom. The van der Waals surface area contributed by atoms with Crippen molar-refractivity contribution < 1.29 is 9.47 Å². The zero-order chi connectivity index (χ0) is 19.3. The smallest absolute Gasteiger partial charge is 0.185 e. The molecule has 28 heavy (non-hydrogen) atoms. The quantitative estimate of drug-likeness (QED) is 0.531. The van der Waals surface area contributed by atoms with Gasteiger partial charge in [-0.2, -0.15) is 4.52 Å². The molecule has 142 valence electrons. The minimum absolute atomic E-state index is 0.0803. The first-order valence-corrected chi connectivity index (χ1v) is 9.06. The molecular weight excluding hydrogens is 354 g/mol. The largest absolute Gasteiger partial charge is 0.493 e. The molecule has 0 radical (unpaired) electrons. The normalized spacial score (nSPS) is 11.9. The summed E-state index contributed by atoms with van der Waals surface area (Å²) in [6.07, 6.45) is -0.0803. The van der Waals surface area contributed by atoms with E-state index in [-0.39, 0.29) is 6.10 Å².